The van der Waals surface area contributed by atoms with Crippen LogP contribution < -0.4 is 10.6 Å². The van der Waals surface area contributed by atoms with Gasteiger partial charge in [0.25, 0.3) is 0 Å². The molecule has 96 valence electrons. The molecule has 4 heteroatoms. The zero-order valence-corrected chi connectivity index (χ0v) is 10.5. The van der Waals surface area contributed by atoms with Crippen molar-refractivity contribution in [3.63, 3.8) is 0 Å². The molecule has 1 aromatic rings. The molecule has 0 unspecified atom stereocenters. The molecule has 1 heterocycles. The first-order chi connectivity index (χ1) is 8.66. The summed E-state index contributed by atoms with van der Waals surface area (Å²) in [6, 6.07) is 7.12. The van der Waals surface area contributed by atoms with Gasteiger partial charge in [-0.3, -0.25) is 9.59 Å². The Kier molecular flexibility index (Phi) is 4.10. The van der Waals surface area contributed by atoms with Crippen LogP contribution in [0, 0.1) is 5.92 Å². The second-order valence-corrected chi connectivity index (χ2v) is 4.65. The standard InChI is InChI=1S/C14H18N2O2/c1-10(17)16-13-4-2-11(3-5-13)14(18)12-6-8-15-9-7-12/h2-5,12,15H,6-9H2,1H3,(H,16,17). The fraction of sp³-hybridized carbons (Fsp3) is 0.429. The van der Waals surface area contributed by atoms with Crippen molar-refractivity contribution in [1.82, 2.24) is 5.32 Å². The van der Waals surface area contributed by atoms with Crippen molar-refractivity contribution < 1.29 is 9.59 Å². The highest BCUT2D eigenvalue weighted by molar-refractivity contribution is 5.98. The smallest absolute Gasteiger partial charge is 0.221 e. The van der Waals surface area contributed by atoms with Crippen molar-refractivity contribution >= 4 is 17.4 Å². The van der Waals surface area contributed by atoms with Gasteiger partial charge < -0.3 is 10.6 Å². The summed E-state index contributed by atoms with van der Waals surface area (Å²) in [5.74, 6) is 0.246. The molecule has 18 heavy (non-hydrogen) atoms. The van der Waals surface area contributed by atoms with Gasteiger partial charge in [0.15, 0.2) is 5.78 Å². The number of carbonyl (C=O) groups is 2. The first kappa shape index (κ1) is 12.8. The van der Waals surface area contributed by atoms with Crippen LogP contribution in [-0.2, 0) is 4.79 Å². The summed E-state index contributed by atoms with van der Waals surface area (Å²) >= 11 is 0. The fourth-order valence-electron chi connectivity index (χ4n) is 2.24. The number of piperidine rings is 1. The maximum absolute atomic E-state index is 12.2. The van der Waals surface area contributed by atoms with Gasteiger partial charge >= 0.3 is 0 Å². The van der Waals surface area contributed by atoms with E-state index in [0.29, 0.717) is 0 Å². The van der Waals surface area contributed by atoms with E-state index in [-0.39, 0.29) is 17.6 Å². The van der Waals surface area contributed by atoms with Gasteiger partial charge in [0.05, 0.1) is 0 Å². The lowest BCUT2D eigenvalue weighted by Gasteiger charge is -2.21. The van der Waals surface area contributed by atoms with E-state index < -0.39 is 0 Å². The SMILES string of the molecule is CC(=O)Nc1ccc(C(=O)C2CCNCC2)cc1. The van der Waals surface area contributed by atoms with Gasteiger partial charge in [-0.15, -0.1) is 0 Å². The summed E-state index contributed by atoms with van der Waals surface area (Å²) in [4.78, 5) is 23.1. The monoisotopic (exact) mass is 246 g/mol. The summed E-state index contributed by atoms with van der Waals surface area (Å²) in [5.41, 5.74) is 1.46. The van der Waals surface area contributed by atoms with Gasteiger partial charge in [0, 0.05) is 24.1 Å². The van der Waals surface area contributed by atoms with E-state index in [1.54, 1.807) is 24.3 Å². The van der Waals surface area contributed by atoms with Crippen molar-refractivity contribution in [3.05, 3.63) is 29.8 Å². The number of hydrogen-bond acceptors (Lipinski definition) is 3. The van der Waals surface area contributed by atoms with Gasteiger partial charge in [-0.25, -0.2) is 0 Å². The maximum atomic E-state index is 12.2. The molecule has 0 bridgehead atoms. The van der Waals surface area contributed by atoms with Crippen LogP contribution in [0.2, 0.25) is 0 Å². The molecule has 0 aromatic heterocycles. The normalized spacial score (nSPS) is 16.3. The lowest BCUT2D eigenvalue weighted by Crippen LogP contribution is -2.31. The van der Waals surface area contributed by atoms with E-state index in [2.05, 4.69) is 10.6 Å². The first-order valence-electron chi connectivity index (χ1n) is 6.29. The topological polar surface area (TPSA) is 58.2 Å². The van der Waals surface area contributed by atoms with E-state index in [1.165, 1.54) is 6.92 Å². The van der Waals surface area contributed by atoms with Crippen LogP contribution in [0.15, 0.2) is 24.3 Å². The molecule has 0 atom stereocenters. The van der Waals surface area contributed by atoms with Gasteiger partial charge in [0.1, 0.15) is 0 Å². The molecule has 1 amide bonds. The van der Waals surface area contributed by atoms with Gasteiger partial charge in [-0.2, -0.15) is 0 Å². The number of anilines is 1. The predicted octanol–water partition coefficient (Wildman–Crippen LogP) is 1.83. The Labute approximate surface area is 107 Å². The lowest BCUT2D eigenvalue weighted by molar-refractivity contribution is -0.114. The highest BCUT2D eigenvalue weighted by atomic mass is 16.1. The number of rotatable bonds is 3. The highest BCUT2D eigenvalue weighted by Gasteiger charge is 2.21. The Morgan fingerprint density at radius 2 is 1.78 bits per heavy atom. The van der Waals surface area contributed by atoms with Crippen LogP contribution >= 0.6 is 0 Å². The highest BCUT2D eigenvalue weighted by Crippen LogP contribution is 2.19. The van der Waals surface area contributed by atoms with Crippen molar-refractivity contribution in [2.75, 3.05) is 18.4 Å². The molecule has 1 saturated heterocycles. The molecule has 1 fully saturated rings. The molecule has 4 nitrogen and oxygen atoms in total. The number of hydrogen-bond donors (Lipinski definition) is 2. The Morgan fingerprint density at radius 1 is 1.17 bits per heavy atom. The van der Waals surface area contributed by atoms with Crippen molar-refractivity contribution in [2.45, 2.75) is 19.8 Å². The molecule has 1 aromatic carbocycles. The molecular weight excluding hydrogens is 228 g/mol. The predicted molar refractivity (Wildman–Crippen MR) is 70.7 cm³/mol. The first-order valence-corrected chi connectivity index (χ1v) is 6.29. The van der Waals surface area contributed by atoms with E-state index in [1.807, 2.05) is 0 Å². The Morgan fingerprint density at radius 3 is 2.33 bits per heavy atom. The molecule has 2 N–H and O–H groups in total. The number of amides is 1. The van der Waals surface area contributed by atoms with E-state index in [9.17, 15) is 9.59 Å². The minimum atomic E-state index is -0.104. The van der Waals surface area contributed by atoms with Crippen LogP contribution in [0.5, 0.6) is 0 Å². The zero-order valence-electron chi connectivity index (χ0n) is 10.5. The third-order valence-corrected chi connectivity index (χ3v) is 3.20. The summed E-state index contributed by atoms with van der Waals surface area (Å²) in [6.45, 7) is 3.30. The molecule has 0 saturated carbocycles. The molecule has 0 aliphatic carbocycles. The van der Waals surface area contributed by atoms with Gasteiger partial charge in [-0.1, -0.05) is 0 Å². The van der Waals surface area contributed by atoms with Crippen LogP contribution in [0.1, 0.15) is 30.1 Å². The average Bonchev–Trinajstić information content (AvgIpc) is 2.39. The quantitative estimate of drug-likeness (QED) is 0.800. The molecular formula is C14H18N2O2. The zero-order chi connectivity index (χ0) is 13.0. The van der Waals surface area contributed by atoms with Crippen LogP contribution in [0.3, 0.4) is 0 Å². The summed E-state index contributed by atoms with van der Waals surface area (Å²) in [7, 11) is 0. The van der Waals surface area contributed by atoms with E-state index in [0.717, 1.165) is 37.2 Å². The van der Waals surface area contributed by atoms with Crippen LogP contribution in [0.4, 0.5) is 5.69 Å². The molecule has 0 spiro atoms. The number of carbonyl (C=O) groups excluding carboxylic acids is 2. The summed E-state index contributed by atoms with van der Waals surface area (Å²) in [6.07, 6.45) is 1.82. The Hall–Kier alpha value is -1.68. The van der Waals surface area contributed by atoms with Crippen LogP contribution in [-0.4, -0.2) is 24.8 Å². The summed E-state index contributed by atoms with van der Waals surface area (Å²) in [5, 5.41) is 5.94. The Bertz CT molecular complexity index is 434. The molecule has 2 rings (SSSR count). The molecule has 1 aliphatic rings. The fourth-order valence-corrected chi connectivity index (χ4v) is 2.24. The lowest BCUT2D eigenvalue weighted by atomic mass is 9.89. The van der Waals surface area contributed by atoms with Crippen molar-refractivity contribution in [1.29, 1.82) is 0 Å². The van der Waals surface area contributed by atoms with E-state index in [4.69, 9.17) is 0 Å². The maximum Gasteiger partial charge on any atom is 0.221 e. The largest absolute Gasteiger partial charge is 0.326 e. The Balaban J connectivity index is 2.04. The summed E-state index contributed by atoms with van der Waals surface area (Å²) < 4.78 is 0. The second kappa shape index (κ2) is 5.78. The van der Waals surface area contributed by atoms with Gasteiger partial charge in [-0.05, 0) is 50.2 Å². The molecule has 0 radical (unpaired) electrons. The van der Waals surface area contributed by atoms with Gasteiger partial charge in [0.2, 0.25) is 5.91 Å². The average molecular weight is 246 g/mol. The van der Waals surface area contributed by atoms with Crippen molar-refractivity contribution in [2.24, 2.45) is 5.92 Å². The van der Waals surface area contributed by atoms with Crippen molar-refractivity contribution in [3.8, 4) is 0 Å². The number of ketones is 1. The number of nitrogens with one attached hydrogen (secondary N) is 2. The third kappa shape index (κ3) is 3.17. The second-order valence-electron chi connectivity index (χ2n) is 4.65. The minimum absolute atomic E-state index is 0.104. The number of benzene rings is 1. The third-order valence-electron chi connectivity index (χ3n) is 3.20. The minimum Gasteiger partial charge on any atom is -0.326 e. The number of Topliss-reactive ketones (excluding diaryl/α,β-unsaturated/α-hetero) is 1. The van der Waals surface area contributed by atoms with Crippen LogP contribution in [0.25, 0.3) is 0 Å². The molecule has 1 aliphatic heterocycles. The van der Waals surface area contributed by atoms with E-state index >= 15 is 0 Å².